The van der Waals surface area contributed by atoms with Crippen molar-refractivity contribution in [1.82, 2.24) is 9.88 Å². The summed E-state index contributed by atoms with van der Waals surface area (Å²) in [5, 5.41) is 3.99. The smallest absolute Gasteiger partial charge is 0.320 e. The lowest BCUT2D eigenvalue weighted by Crippen LogP contribution is -2.38. The lowest BCUT2D eigenvalue weighted by atomic mass is 10.0. The van der Waals surface area contributed by atoms with Crippen molar-refractivity contribution in [3.05, 3.63) is 71.9 Å². The van der Waals surface area contributed by atoms with Crippen molar-refractivity contribution in [3.8, 4) is 0 Å². The van der Waals surface area contributed by atoms with Crippen LogP contribution < -0.4 is 5.32 Å². The third-order valence-corrected chi connectivity index (χ3v) is 4.31. The zero-order valence-electron chi connectivity index (χ0n) is 12.7. The van der Waals surface area contributed by atoms with E-state index >= 15 is 0 Å². The Hall–Kier alpha value is -2.88. The predicted molar refractivity (Wildman–Crippen MR) is 91.3 cm³/mol. The molecule has 2 aromatic carbocycles. The van der Waals surface area contributed by atoms with Crippen molar-refractivity contribution in [3.63, 3.8) is 0 Å². The minimum Gasteiger partial charge on any atom is -0.320 e. The van der Waals surface area contributed by atoms with Crippen LogP contribution in [0.25, 0.3) is 10.9 Å². The summed E-state index contributed by atoms with van der Waals surface area (Å²) in [6.45, 7) is 1.40. The van der Waals surface area contributed by atoms with Crippen molar-refractivity contribution in [2.24, 2.45) is 0 Å². The Labute approximate surface area is 134 Å². The van der Waals surface area contributed by atoms with Gasteiger partial charge in [0, 0.05) is 24.7 Å². The molecule has 1 N–H and O–H groups in total. The lowest BCUT2D eigenvalue weighted by molar-refractivity contribution is 0.206. The SMILES string of the molecule is O=C(Nc1cccc2ncccc12)N1CCc2ccccc2C1. The Kier molecular flexibility index (Phi) is 3.42. The average molecular weight is 303 g/mol. The molecule has 114 valence electrons. The topological polar surface area (TPSA) is 45.2 Å². The lowest BCUT2D eigenvalue weighted by Gasteiger charge is -2.29. The molecule has 0 aliphatic carbocycles. The van der Waals surface area contributed by atoms with E-state index in [4.69, 9.17) is 0 Å². The van der Waals surface area contributed by atoms with Crippen LogP contribution in [-0.4, -0.2) is 22.5 Å². The van der Waals surface area contributed by atoms with Gasteiger partial charge in [-0.25, -0.2) is 4.79 Å². The van der Waals surface area contributed by atoms with Crippen molar-refractivity contribution >= 4 is 22.6 Å². The molecule has 2 heterocycles. The van der Waals surface area contributed by atoms with E-state index in [0.29, 0.717) is 6.54 Å². The molecule has 4 nitrogen and oxygen atoms in total. The van der Waals surface area contributed by atoms with E-state index in [2.05, 4.69) is 28.5 Å². The van der Waals surface area contributed by atoms with E-state index in [9.17, 15) is 4.79 Å². The molecule has 0 saturated carbocycles. The van der Waals surface area contributed by atoms with Gasteiger partial charge in [-0.05, 0) is 41.8 Å². The number of urea groups is 1. The molecule has 2 amide bonds. The Balaban J connectivity index is 1.56. The van der Waals surface area contributed by atoms with Gasteiger partial charge in [0.2, 0.25) is 0 Å². The Morgan fingerprint density at radius 1 is 1.00 bits per heavy atom. The summed E-state index contributed by atoms with van der Waals surface area (Å²) in [6.07, 6.45) is 2.66. The Morgan fingerprint density at radius 3 is 2.78 bits per heavy atom. The summed E-state index contributed by atoms with van der Waals surface area (Å²) in [5.41, 5.74) is 4.26. The van der Waals surface area contributed by atoms with Crippen molar-refractivity contribution in [1.29, 1.82) is 0 Å². The normalized spacial score (nSPS) is 13.7. The minimum absolute atomic E-state index is 0.0594. The van der Waals surface area contributed by atoms with Crippen LogP contribution in [-0.2, 0) is 13.0 Å². The fraction of sp³-hybridized carbons (Fsp3) is 0.158. The van der Waals surface area contributed by atoms with Gasteiger partial charge in [-0.3, -0.25) is 4.98 Å². The maximum atomic E-state index is 12.6. The van der Waals surface area contributed by atoms with Crippen LogP contribution in [0.3, 0.4) is 0 Å². The maximum absolute atomic E-state index is 12.6. The van der Waals surface area contributed by atoms with E-state index < -0.39 is 0 Å². The molecule has 1 aliphatic rings. The summed E-state index contributed by atoms with van der Waals surface area (Å²) in [4.78, 5) is 18.8. The van der Waals surface area contributed by atoms with Gasteiger partial charge in [0.1, 0.15) is 0 Å². The van der Waals surface area contributed by atoms with Crippen molar-refractivity contribution in [2.75, 3.05) is 11.9 Å². The number of benzene rings is 2. The third kappa shape index (κ3) is 2.63. The first-order chi connectivity index (χ1) is 11.3. The van der Waals surface area contributed by atoms with Gasteiger partial charge in [-0.1, -0.05) is 30.3 Å². The second-order valence-electron chi connectivity index (χ2n) is 5.75. The van der Waals surface area contributed by atoms with Crippen LogP contribution in [0.4, 0.5) is 10.5 Å². The number of pyridine rings is 1. The van der Waals surface area contributed by atoms with E-state index in [1.807, 2.05) is 41.3 Å². The summed E-state index contributed by atoms with van der Waals surface area (Å²) < 4.78 is 0. The fourth-order valence-electron chi connectivity index (χ4n) is 3.08. The van der Waals surface area contributed by atoms with Gasteiger partial charge in [0.25, 0.3) is 0 Å². The molecular weight excluding hydrogens is 286 g/mol. The molecule has 1 aliphatic heterocycles. The van der Waals surface area contributed by atoms with Crippen LogP contribution in [0.5, 0.6) is 0 Å². The zero-order chi connectivity index (χ0) is 15.6. The van der Waals surface area contributed by atoms with Gasteiger partial charge in [-0.15, -0.1) is 0 Å². The molecule has 23 heavy (non-hydrogen) atoms. The van der Waals surface area contributed by atoms with Gasteiger partial charge >= 0.3 is 6.03 Å². The minimum atomic E-state index is -0.0594. The molecule has 4 heteroatoms. The number of anilines is 1. The number of nitrogens with zero attached hydrogens (tertiary/aromatic N) is 2. The molecule has 3 aromatic rings. The number of amides is 2. The highest BCUT2D eigenvalue weighted by Gasteiger charge is 2.20. The van der Waals surface area contributed by atoms with Crippen LogP contribution in [0, 0.1) is 0 Å². The van der Waals surface area contributed by atoms with Crippen LogP contribution >= 0.6 is 0 Å². The molecular formula is C19H17N3O. The molecule has 1 aromatic heterocycles. The van der Waals surface area contributed by atoms with Crippen LogP contribution in [0.15, 0.2) is 60.8 Å². The largest absolute Gasteiger partial charge is 0.322 e. The second-order valence-corrected chi connectivity index (χ2v) is 5.75. The quantitative estimate of drug-likeness (QED) is 0.742. The Bertz CT molecular complexity index is 870. The van der Waals surface area contributed by atoms with E-state index in [1.54, 1.807) is 6.20 Å². The number of rotatable bonds is 1. The van der Waals surface area contributed by atoms with Gasteiger partial charge in [0.05, 0.1) is 11.2 Å². The fourth-order valence-corrected chi connectivity index (χ4v) is 3.08. The van der Waals surface area contributed by atoms with Crippen LogP contribution in [0.1, 0.15) is 11.1 Å². The van der Waals surface area contributed by atoms with Gasteiger partial charge in [-0.2, -0.15) is 0 Å². The third-order valence-electron chi connectivity index (χ3n) is 4.31. The number of hydrogen-bond donors (Lipinski definition) is 1. The molecule has 0 atom stereocenters. The predicted octanol–water partition coefficient (Wildman–Crippen LogP) is 3.83. The second kappa shape index (κ2) is 5.72. The van der Waals surface area contributed by atoms with Gasteiger partial charge < -0.3 is 10.2 Å². The molecule has 0 saturated heterocycles. The zero-order valence-corrected chi connectivity index (χ0v) is 12.7. The molecule has 0 radical (unpaired) electrons. The van der Waals surface area contributed by atoms with Gasteiger partial charge in [0.15, 0.2) is 0 Å². The summed E-state index contributed by atoms with van der Waals surface area (Å²) >= 11 is 0. The van der Waals surface area contributed by atoms with Crippen LogP contribution in [0.2, 0.25) is 0 Å². The number of fused-ring (bicyclic) bond motifs is 2. The van der Waals surface area contributed by atoms with Crippen molar-refractivity contribution in [2.45, 2.75) is 13.0 Å². The monoisotopic (exact) mass is 303 g/mol. The molecule has 0 spiro atoms. The first kappa shape index (κ1) is 13.8. The molecule has 0 fully saturated rings. The number of carbonyl (C=O) groups excluding carboxylic acids is 1. The summed E-state index contributed by atoms with van der Waals surface area (Å²) in [7, 11) is 0. The number of nitrogens with one attached hydrogen (secondary N) is 1. The first-order valence-corrected chi connectivity index (χ1v) is 7.78. The summed E-state index contributed by atoms with van der Waals surface area (Å²) in [6, 6.07) is 17.9. The molecule has 4 rings (SSSR count). The van der Waals surface area contributed by atoms with Crippen molar-refractivity contribution < 1.29 is 4.79 Å². The van der Waals surface area contributed by atoms with E-state index in [-0.39, 0.29) is 6.03 Å². The maximum Gasteiger partial charge on any atom is 0.322 e. The first-order valence-electron chi connectivity index (χ1n) is 7.78. The number of hydrogen-bond acceptors (Lipinski definition) is 2. The highest BCUT2D eigenvalue weighted by molar-refractivity contribution is 6.00. The summed E-state index contributed by atoms with van der Waals surface area (Å²) in [5.74, 6) is 0. The van der Waals surface area contributed by atoms with E-state index in [0.717, 1.165) is 29.6 Å². The number of carbonyl (C=O) groups is 1. The van der Waals surface area contributed by atoms with E-state index in [1.165, 1.54) is 11.1 Å². The standard InChI is InChI=1S/C19H17N3O/c23-19(22-12-10-14-5-1-2-6-15(14)13-22)21-18-9-3-8-17-16(18)7-4-11-20-17/h1-9,11H,10,12-13H2,(H,21,23). The molecule has 0 unspecified atom stereocenters. The molecule has 0 bridgehead atoms. The average Bonchev–Trinajstić information content (AvgIpc) is 2.61. The highest BCUT2D eigenvalue weighted by Crippen LogP contribution is 2.23. The number of aromatic nitrogens is 1. The highest BCUT2D eigenvalue weighted by atomic mass is 16.2. The Morgan fingerprint density at radius 2 is 1.87 bits per heavy atom.